The molecule has 0 nitrogen and oxygen atoms in total. The Bertz CT molecular complexity index is 294. The van der Waals surface area contributed by atoms with Gasteiger partial charge in [0.05, 0.1) is 3.23 Å². The van der Waals surface area contributed by atoms with Gasteiger partial charge in [0.2, 0.25) is 0 Å². The zero-order valence-corrected chi connectivity index (χ0v) is 10.5. The van der Waals surface area contributed by atoms with E-state index < -0.39 is 0 Å². The second kappa shape index (κ2) is 1.71. The van der Waals surface area contributed by atoms with Crippen LogP contribution in [-0.2, 0) is 0 Å². The highest BCUT2D eigenvalue weighted by Gasteiger charge is 2.83. The van der Waals surface area contributed by atoms with Gasteiger partial charge in [-0.1, -0.05) is 31.9 Å². The minimum absolute atomic E-state index is 0.380. The van der Waals surface area contributed by atoms with Crippen LogP contribution in [0.2, 0.25) is 0 Å². The van der Waals surface area contributed by atoms with Gasteiger partial charge in [-0.05, 0) is 60.2 Å². The first-order valence-corrected chi connectivity index (χ1v) is 7.17. The van der Waals surface area contributed by atoms with Crippen molar-refractivity contribution in [3.8, 4) is 0 Å². The molecule has 6 aliphatic carbocycles. The van der Waals surface area contributed by atoms with E-state index in [-0.39, 0.29) is 0 Å². The summed E-state index contributed by atoms with van der Waals surface area (Å²) in [5, 5.41) is 0. The van der Waals surface area contributed by atoms with Crippen LogP contribution >= 0.6 is 31.9 Å². The highest BCUT2D eigenvalue weighted by Crippen LogP contribution is 2.87. The maximum absolute atomic E-state index is 4.01. The van der Waals surface area contributed by atoms with Gasteiger partial charge >= 0.3 is 0 Å². The average Bonchev–Trinajstić information content (AvgIpc) is 2.71. The molecule has 0 aromatic heterocycles. The van der Waals surface area contributed by atoms with Crippen LogP contribution in [-0.4, -0.2) is 3.23 Å². The summed E-state index contributed by atoms with van der Waals surface area (Å²) in [6.45, 7) is 0. The van der Waals surface area contributed by atoms with Crippen LogP contribution in [0.1, 0.15) is 12.8 Å². The summed E-state index contributed by atoms with van der Waals surface area (Å²) >= 11 is 8.01. The van der Waals surface area contributed by atoms with Gasteiger partial charge in [0.15, 0.2) is 0 Å². The normalized spacial score (nSPS) is 78.0. The maximum atomic E-state index is 4.01. The van der Waals surface area contributed by atoms with Gasteiger partial charge in [0, 0.05) is 0 Å². The van der Waals surface area contributed by atoms with Crippen LogP contribution in [0, 0.1) is 47.3 Å². The standard InChI is InChI=1S/C11H12Br2/c12-11(13)9-5-1-3-4-2-6(7(3)9)10(11)8(4)5/h3-10H,1-2H2/t3-,4+,5-,6-,7-,8+,9+,10-/m0/s1. The summed E-state index contributed by atoms with van der Waals surface area (Å²) in [5.41, 5.74) is 0. The highest BCUT2D eigenvalue weighted by atomic mass is 79.9. The van der Waals surface area contributed by atoms with Crippen molar-refractivity contribution in [3.05, 3.63) is 0 Å². The first-order chi connectivity index (χ1) is 6.21. The van der Waals surface area contributed by atoms with Crippen molar-refractivity contribution in [2.75, 3.05) is 0 Å². The van der Waals surface area contributed by atoms with E-state index in [0.717, 1.165) is 35.5 Å². The summed E-state index contributed by atoms with van der Waals surface area (Å²) in [5.74, 6) is 8.83. The molecule has 6 rings (SSSR count). The summed E-state index contributed by atoms with van der Waals surface area (Å²) in [6.07, 6.45) is 3.19. The fourth-order valence-electron chi connectivity index (χ4n) is 6.53. The van der Waals surface area contributed by atoms with Crippen molar-refractivity contribution in [1.82, 2.24) is 0 Å². The van der Waals surface area contributed by atoms with Crippen LogP contribution in [0.4, 0.5) is 0 Å². The first kappa shape index (κ1) is 7.27. The van der Waals surface area contributed by atoms with E-state index in [2.05, 4.69) is 31.9 Å². The minimum Gasteiger partial charge on any atom is -0.0721 e. The molecule has 6 saturated carbocycles. The Hall–Kier alpha value is 0.960. The van der Waals surface area contributed by atoms with Crippen LogP contribution in [0.15, 0.2) is 0 Å². The van der Waals surface area contributed by atoms with Gasteiger partial charge in [-0.2, -0.15) is 0 Å². The number of hydrogen-bond acceptors (Lipinski definition) is 0. The van der Waals surface area contributed by atoms with E-state index in [1.54, 1.807) is 12.8 Å². The van der Waals surface area contributed by atoms with E-state index >= 15 is 0 Å². The van der Waals surface area contributed by atoms with Gasteiger partial charge in [-0.3, -0.25) is 0 Å². The summed E-state index contributed by atoms with van der Waals surface area (Å²) < 4.78 is 0.380. The molecule has 0 heterocycles. The van der Waals surface area contributed by atoms with Gasteiger partial charge in [0.25, 0.3) is 0 Å². The fourth-order valence-corrected chi connectivity index (χ4v) is 9.11. The second-order valence-electron chi connectivity index (χ2n) is 6.01. The Morgan fingerprint density at radius 2 is 1.23 bits per heavy atom. The van der Waals surface area contributed by atoms with Crippen molar-refractivity contribution < 1.29 is 0 Å². The van der Waals surface area contributed by atoms with Crippen LogP contribution in [0.25, 0.3) is 0 Å². The molecule has 0 saturated heterocycles. The lowest BCUT2D eigenvalue weighted by atomic mass is 9.71. The molecule has 6 fully saturated rings. The number of halogens is 2. The Morgan fingerprint density at radius 3 is 1.69 bits per heavy atom. The molecule has 6 aliphatic rings. The van der Waals surface area contributed by atoms with Gasteiger partial charge < -0.3 is 0 Å². The molecule has 0 aliphatic heterocycles. The van der Waals surface area contributed by atoms with Crippen molar-refractivity contribution >= 4 is 31.9 Å². The lowest BCUT2D eigenvalue weighted by Crippen LogP contribution is -2.30. The van der Waals surface area contributed by atoms with E-state index in [0.29, 0.717) is 3.23 Å². The Labute approximate surface area is 95.1 Å². The van der Waals surface area contributed by atoms with Gasteiger partial charge in [0.1, 0.15) is 0 Å². The third-order valence-electron chi connectivity index (χ3n) is 6.26. The van der Waals surface area contributed by atoms with Crippen molar-refractivity contribution in [2.24, 2.45) is 47.3 Å². The predicted octanol–water partition coefficient (Wildman–Crippen LogP) is 3.25. The summed E-state index contributed by atoms with van der Waals surface area (Å²) in [6, 6.07) is 0. The quantitative estimate of drug-likeness (QED) is 0.603. The number of rotatable bonds is 0. The molecule has 70 valence electrons. The number of alkyl halides is 2. The molecule has 0 aromatic carbocycles. The maximum Gasteiger partial charge on any atom is 0.0872 e. The SMILES string of the molecule is BrC1(Br)[C@@H]2[C@H]3C[C@H]4[C@H]5C[C@@H]([C@H]42)[C@H]1[C@H]53. The van der Waals surface area contributed by atoms with Crippen LogP contribution in [0.3, 0.4) is 0 Å². The predicted molar refractivity (Wildman–Crippen MR) is 57.7 cm³/mol. The molecular formula is C11H12Br2. The Morgan fingerprint density at radius 1 is 0.769 bits per heavy atom. The smallest absolute Gasteiger partial charge is 0.0721 e. The topological polar surface area (TPSA) is 0 Å². The lowest BCUT2D eigenvalue weighted by Gasteiger charge is -2.33. The Balaban J connectivity index is 1.88. The zero-order valence-electron chi connectivity index (χ0n) is 7.29. The Kier molecular flexibility index (Phi) is 0.954. The molecule has 0 radical (unpaired) electrons. The third-order valence-corrected chi connectivity index (χ3v) is 8.37. The van der Waals surface area contributed by atoms with Crippen LogP contribution < -0.4 is 0 Å². The third kappa shape index (κ3) is 0.480. The molecular weight excluding hydrogens is 292 g/mol. The van der Waals surface area contributed by atoms with E-state index in [4.69, 9.17) is 0 Å². The molecule has 2 heteroatoms. The largest absolute Gasteiger partial charge is 0.0872 e. The molecule has 8 atom stereocenters. The number of hydrogen-bond donors (Lipinski definition) is 0. The van der Waals surface area contributed by atoms with Crippen molar-refractivity contribution in [2.45, 2.75) is 16.1 Å². The monoisotopic (exact) mass is 302 g/mol. The molecule has 0 amide bonds. The fraction of sp³-hybridized carbons (Fsp3) is 1.00. The van der Waals surface area contributed by atoms with Crippen molar-refractivity contribution in [3.63, 3.8) is 0 Å². The van der Waals surface area contributed by atoms with Crippen LogP contribution in [0.5, 0.6) is 0 Å². The molecule has 13 heavy (non-hydrogen) atoms. The van der Waals surface area contributed by atoms with Gasteiger partial charge in [-0.25, -0.2) is 0 Å². The van der Waals surface area contributed by atoms with E-state index in [9.17, 15) is 0 Å². The average molecular weight is 304 g/mol. The molecule has 0 spiro atoms. The van der Waals surface area contributed by atoms with Gasteiger partial charge in [-0.15, -0.1) is 0 Å². The lowest BCUT2D eigenvalue weighted by molar-refractivity contribution is 0.132. The first-order valence-electron chi connectivity index (χ1n) is 5.59. The minimum atomic E-state index is 0.380. The zero-order chi connectivity index (χ0) is 8.53. The highest BCUT2D eigenvalue weighted by molar-refractivity contribution is 9.25. The molecule has 0 N–H and O–H groups in total. The van der Waals surface area contributed by atoms with E-state index in [1.165, 1.54) is 11.8 Å². The molecule has 0 aromatic rings. The summed E-state index contributed by atoms with van der Waals surface area (Å²) in [7, 11) is 0. The summed E-state index contributed by atoms with van der Waals surface area (Å²) in [4.78, 5) is 0. The van der Waals surface area contributed by atoms with Crippen molar-refractivity contribution in [1.29, 1.82) is 0 Å². The molecule has 6 bridgehead atoms. The second-order valence-corrected chi connectivity index (χ2v) is 9.70. The molecule has 0 unspecified atom stereocenters. The van der Waals surface area contributed by atoms with E-state index in [1.807, 2.05) is 0 Å².